The average molecular weight is 367 g/mol. The monoisotopic (exact) mass is 367 g/mol. The third-order valence-electron chi connectivity index (χ3n) is 4.48. The molecule has 0 saturated heterocycles. The molecule has 3 rings (SSSR count). The van der Waals surface area contributed by atoms with Gasteiger partial charge in [-0.05, 0) is 38.1 Å². The molecule has 1 aromatic carbocycles. The van der Waals surface area contributed by atoms with Crippen molar-refractivity contribution in [3.8, 4) is 6.07 Å². The second-order valence-corrected chi connectivity index (χ2v) is 7.48. The highest BCUT2D eigenvalue weighted by Gasteiger charge is 2.18. The molecular weight excluding hydrogens is 346 g/mol. The molecule has 1 aliphatic heterocycles. The third kappa shape index (κ3) is 3.93. The fraction of sp³-hybridized carbons (Fsp3) is 0.316. The van der Waals surface area contributed by atoms with Crippen LogP contribution in [0.15, 0.2) is 30.0 Å². The van der Waals surface area contributed by atoms with E-state index in [1.54, 1.807) is 11.3 Å². The zero-order chi connectivity index (χ0) is 18.7. The number of likely N-dealkylation sites (N-methyl/N-ethyl adjacent to an activating group) is 1. The van der Waals surface area contributed by atoms with Crippen molar-refractivity contribution < 1.29 is 4.79 Å². The second kappa shape index (κ2) is 7.68. The quantitative estimate of drug-likeness (QED) is 0.641. The van der Waals surface area contributed by atoms with Crippen LogP contribution in [0, 0.1) is 25.2 Å². The molecule has 0 fully saturated rings. The van der Waals surface area contributed by atoms with Crippen molar-refractivity contribution in [2.24, 2.45) is 0 Å². The van der Waals surface area contributed by atoms with Crippen LogP contribution < -0.4 is 10.6 Å². The third-order valence-corrected chi connectivity index (χ3v) is 5.49. The molecule has 0 atom stereocenters. The van der Waals surface area contributed by atoms with E-state index in [4.69, 9.17) is 0 Å². The van der Waals surface area contributed by atoms with E-state index in [1.165, 1.54) is 11.1 Å². The lowest BCUT2D eigenvalue weighted by atomic mass is 10.1. The van der Waals surface area contributed by atoms with Crippen LogP contribution in [-0.2, 0) is 17.8 Å². The summed E-state index contributed by atoms with van der Waals surface area (Å²) in [5.41, 5.74) is 3.90. The molecule has 0 spiro atoms. The zero-order valence-corrected chi connectivity index (χ0v) is 15.9. The molecule has 2 heterocycles. The van der Waals surface area contributed by atoms with Crippen LogP contribution >= 0.6 is 11.3 Å². The SMILES string of the molecule is Cc1cccc(NC(=O)/C(C#N)=C\Nc2nc3c(s2)CN(C)CC3)c1C. The van der Waals surface area contributed by atoms with Crippen molar-refractivity contribution in [2.45, 2.75) is 26.8 Å². The van der Waals surface area contributed by atoms with Crippen LogP contribution in [0.1, 0.15) is 21.7 Å². The van der Waals surface area contributed by atoms with E-state index in [9.17, 15) is 10.1 Å². The number of aryl methyl sites for hydroxylation is 1. The van der Waals surface area contributed by atoms with Gasteiger partial charge in [0.15, 0.2) is 5.13 Å². The van der Waals surface area contributed by atoms with Gasteiger partial charge in [-0.2, -0.15) is 5.26 Å². The first-order chi connectivity index (χ1) is 12.5. The maximum Gasteiger partial charge on any atom is 0.267 e. The van der Waals surface area contributed by atoms with Crippen LogP contribution in [0.25, 0.3) is 0 Å². The van der Waals surface area contributed by atoms with Crippen LogP contribution in [0.2, 0.25) is 0 Å². The number of hydrogen-bond acceptors (Lipinski definition) is 6. The number of carbonyl (C=O) groups excluding carboxylic acids is 1. The standard InChI is InChI=1S/C19H21N5OS/c1-12-5-4-6-15(13(12)2)22-18(25)14(9-20)10-21-19-23-16-7-8-24(3)11-17(16)26-19/h4-6,10H,7-8,11H2,1-3H3,(H,21,23)(H,22,25)/b14-10-. The number of thiazole rings is 1. The molecule has 0 unspecified atom stereocenters. The van der Waals surface area contributed by atoms with E-state index in [2.05, 4.69) is 27.6 Å². The molecule has 26 heavy (non-hydrogen) atoms. The molecule has 2 N–H and O–H groups in total. The number of rotatable bonds is 4. The molecule has 0 bridgehead atoms. The number of anilines is 2. The van der Waals surface area contributed by atoms with Gasteiger partial charge in [-0.3, -0.25) is 4.79 Å². The predicted molar refractivity (Wildman–Crippen MR) is 104 cm³/mol. The maximum absolute atomic E-state index is 12.4. The Labute approximate surface area is 157 Å². The van der Waals surface area contributed by atoms with Crippen molar-refractivity contribution in [3.63, 3.8) is 0 Å². The lowest BCUT2D eigenvalue weighted by molar-refractivity contribution is -0.112. The molecule has 2 aromatic rings. The summed E-state index contributed by atoms with van der Waals surface area (Å²) < 4.78 is 0. The van der Waals surface area contributed by atoms with Crippen molar-refractivity contribution in [3.05, 3.63) is 51.7 Å². The highest BCUT2D eigenvalue weighted by Crippen LogP contribution is 2.27. The summed E-state index contributed by atoms with van der Waals surface area (Å²) in [6, 6.07) is 7.64. The van der Waals surface area contributed by atoms with Crippen molar-refractivity contribution in [1.29, 1.82) is 5.26 Å². The molecule has 0 saturated carbocycles. The van der Waals surface area contributed by atoms with Crippen LogP contribution in [-0.4, -0.2) is 29.4 Å². The molecule has 1 aliphatic rings. The number of fused-ring (bicyclic) bond motifs is 1. The normalized spacial score (nSPS) is 14.5. The van der Waals surface area contributed by atoms with Gasteiger partial charge in [-0.1, -0.05) is 12.1 Å². The van der Waals surface area contributed by atoms with Gasteiger partial charge >= 0.3 is 0 Å². The highest BCUT2D eigenvalue weighted by atomic mass is 32.1. The second-order valence-electron chi connectivity index (χ2n) is 6.39. The Morgan fingerprint density at radius 1 is 1.42 bits per heavy atom. The summed E-state index contributed by atoms with van der Waals surface area (Å²) in [7, 11) is 2.08. The minimum absolute atomic E-state index is 0.0104. The van der Waals surface area contributed by atoms with Gasteiger partial charge < -0.3 is 15.5 Å². The summed E-state index contributed by atoms with van der Waals surface area (Å²) in [5.74, 6) is -0.435. The van der Waals surface area contributed by atoms with Gasteiger partial charge in [0, 0.05) is 36.3 Å². The number of nitrogens with zero attached hydrogens (tertiary/aromatic N) is 3. The number of carbonyl (C=O) groups is 1. The minimum Gasteiger partial charge on any atom is -0.337 e. The lowest BCUT2D eigenvalue weighted by Crippen LogP contribution is -2.25. The fourth-order valence-corrected chi connectivity index (χ4v) is 3.80. The van der Waals surface area contributed by atoms with Gasteiger partial charge in [0.1, 0.15) is 11.6 Å². The number of benzene rings is 1. The van der Waals surface area contributed by atoms with Gasteiger partial charge in [-0.15, -0.1) is 11.3 Å². The van der Waals surface area contributed by atoms with E-state index in [1.807, 2.05) is 38.1 Å². The number of aromatic nitrogens is 1. The molecule has 134 valence electrons. The van der Waals surface area contributed by atoms with E-state index >= 15 is 0 Å². The maximum atomic E-state index is 12.4. The molecule has 0 aliphatic carbocycles. The lowest BCUT2D eigenvalue weighted by Gasteiger charge is -2.20. The van der Waals surface area contributed by atoms with Crippen LogP contribution in [0.4, 0.5) is 10.8 Å². The Balaban J connectivity index is 1.71. The van der Waals surface area contributed by atoms with E-state index in [0.717, 1.165) is 36.3 Å². The minimum atomic E-state index is -0.435. The highest BCUT2D eigenvalue weighted by molar-refractivity contribution is 7.15. The largest absolute Gasteiger partial charge is 0.337 e. The van der Waals surface area contributed by atoms with E-state index < -0.39 is 5.91 Å². The molecule has 6 nitrogen and oxygen atoms in total. The van der Waals surface area contributed by atoms with Gasteiger partial charge in [0.2, 0.25) is 0 Å². The average Bonchev–Trinajstić information content (AvgIpc) is 3.01. The Bertz CT molecular complexity index is 909. The first-order valence-electron chi connectivity index (χ1n) is 8.39. The summed E-state index contributed by atoms with van der Waals surface area (Å²) in [5, 5.41) is 15.8. The Hall–Kier alpha value is -2.69. The van der Waals surface area contributed by atoms with Crippen molar-refractivity contribution in [1.82, 2.24) is 9.88 Å². The summed E-state index contributed by atoms with van der Waals surface area (Å²) >= 11 is 1.56. The van der Waals surface area contributed by atoms with Crippen molar-refractivity contribution in [2.75, 3.05) is 24.2 Å². The fourth-order valence-electron chi connectivity index (χ4n) is 2.74. The summed E-state index contributed by atoms with van der Waals surface area (Å²) in [4.78, 5) is 20.4. The molecule has 7 heteroatoms. The molecule has 0 radical (unpaired) electrons. The first-order valence-corrected chi connectivity index (χ1v) is 9.21. The van der Waals surface area contributed by atoms with Gasteiger partial charge in [-0.25, -0.2) is 4.98 Å². The number of nitriles is 1. The van der Waals surface area contributed by atoms with Crippen LogP contribution in [0.3, 0.4) is 0 Å². The van der Waals surface area contributed by atoms with Gasteiger partial charge in [0.05, 0.1) is 5.69 Å². The zero-order valence-electron chi connectivity index (χ0n) is 15.1. The molecule has 1 amide bonds. The first kappa shape index (κ1) is 18.1. The summed E-state index contributed by atoms with van der Waals surface area (Å²) in [6.45, 7) is 5.80. The van der Waals surface area contributed by atoms with Crippen LogP contribution in [0.5, 0.6) is 0 Å². The summed E-state index contributed by atoms with van der Waals surface area (Å²) in [6.07, 6.45) is 2.35. The number of amides is 1. The Kier molecular flexibility index (Phi) is 5.35. The van der Waals surface area contributed by atoms with E-state index in [0.29, 0.717) is 10.8 Å². The van der Waals surface area contributed by atoms with Gasteiger partial charge in [0.25, 0.3) is 5.91 Å². The number of hydrogen-bond donors (Lipinski definition) is 2. The molecule has 1 aromatic heterocycles. The smallest absolute Gasteiger partial charge is 0.267 e. The molecular formula is C19H21N5OS. The predicted octanol–water partition coefficient (Wildman–Crippen LogP) is 3.21. The number of nitrogens with one attached hydrogen (secondary N) is 2. The Morgan fingerprint density at radius 2 is 2.23 bits per heavy atom. The van der Waals surface area contributed by atoms with Crippen molar-refractivity contribution >= 4 is 28.1 Å². The Morgan fingerprint density at radius 3 is 3.00 bits per heavy atom. The topological polar surface area (TPSA) is 81.0 Å². The van der Waals surface area contributed by atoms with E-state index in [-0.39, 0.29) is 5.57 Å².